The lowest BCUT2D eigenvalue weighted by molar-refractivity contribution is 0.162. The number of benzene rings is 1. The number of aliphatic hydroxyl groups is 1. The second-order valence-electron chi connectivity index (χ2n) is 5.82. The van der Waals surface area contributed by atoms with Gasteiger partial charge < -0.3 is 14.4 Å². The van der Waals surface area contributed by atoms with Gasteiger partial charge >= 0.3 is 0 Å². The van der Waals surface area contributed by atoms with Crippen LogP contribution in [-0.2, 0) is 16.4 Å². The van der Waals surface area contributed by atoms with Crippen molar-refractivity contribution in [2.75, 3.05) is 19.8 Å². The predicted octanol–water partition coefficient (Wildman–Crippen LogP) is 1.95. The normalized spacial score (nSPS) is 13.4. The first-order chi connectivity index (χ1) is 10.8. The van der Waals surface area contributed by atoms with Crippen molar-refractivity contribution in [1.82, 2.24) is 9.88 Å². The molecule has 0 spiro atoms. The lowest BCUT2D eigenvalue weighted by Gasteiger charge is -2.15. The Morgan fingerprint density at radius 1 is 1.30 bits per heavy atom. The Bertz CT molecular complexity index is 736. The highest BCUT2D eigenvalue weighted by Gasteiger charge is 2.11. The van der Waals surface area contributed by atoms with Crippen molar-refractivity contribution in [2.24, 2.45) is 0 Å². The monoisotopic (exact) mass is 338 g/mol. The van der Waals surface area contributed by atoms with Crippen molar-refractivity contribution < 1.29 is 17.9 Å². The fraction of sp³-hybridized carbons (Fsp3) is 0.438. The summed E-state index contributed by atoms with van der Waals surface area (Å²) < 4.78 is 28.4. The van der Waals surface area contributed by atoms with Gasteiger partial charge in [-0.25, -0.2) is 13.4 Å². The van der Waals surface area contributed by atoms with E-state index < -0.39 is 9.84 Å². The number of sulfone groups is 1. The molecule has 0 saturated heterocycles. The highest BCUT2D eigenvalue weighted by Crippen LogP contribution is 2.21. The second-order valence-corrected chi connectivity index (χ2v) is 7.83. The van der Waals surface area contributed by atoms with Gasteiger partial charge in [0, 0.05) is 24.9 Å². The summed E-state index contributed by atoms with van der Waals surface area (Å²) in [7, 11) is -1.25. The van der Waals surface area contributed by atoms with Crippen LogP contribution in [0.15, 0.2) is 39.8 Å². The van der Waals surface area contributed by atoms with Gasteiger partial charge in [0.25, 0.3) is 0 Å². The van der Waals surface area contributed by atoms with Crippen LogP contribution < -0.4 is 0 Å². The van der Waals surface area contributed by atoms with E-state index in [2.05, 4.69) is 9.88 Å². The van der Waals surface area contributed by atoms with Crippen molar-refractivity contribution >= 4 is 9.84 Å². The lowest BCUT2D eigenvalue weighted by Crippen LogP contribution is -2.22. The largest absolute Gasteiger partial charge is 0.444 e. The van der Waals surface area contributed by atoms with Crippen LogP contribution in [0.5, 0.6) is 0 Å². The zero-order valence-corrected chi connectivity index (χ0v) is 14.4. The third-order valence-electron chi connectivity index (χ3n) is 3.44. The number of aliphatic hydroxyl groups excluding tert-OH is 1. The van der Waals surface area contributed by atoms with Gasteiger partial charge in [0.05, 0.1) is 16.7 Å². The van der Waals surface area contributed by atoms with Gasteiger partial charge in [0.15, 0.2) is 9.84 Å². The average Bonchev–Trinajstić information content (AvgIpc) is 2.93. The van der Waals surface area contributed by atoms with E-state index in [4.69, 9.17) is 4.42 Å². The van der Waals surface area contributed by atoms with Gasteiger partial charge in [-0.2, -0.15) is 0 Å². The van der Waals surface area contributed by atoms with E-state index in [1.165, 1.54) is 6.26 Å². The minimum Gasteiger partial charge on any atom is -0.444 e. The minimum absolute atomic E-state index is 0.269. The Balaban J connectivity index is 2.04. The third-order valence-corrected chi connectivity index (χ3v) is 4.57. The summed E-state index contributed by atoms with van der Waals surface area (Å²) in [5.41, 5.74) is 1.52. The number of oxazole rings is 1. The third kappa shape index (κ3) is 5.16. The van der Waals surface area contributed by atoms with Crippen molar-refractivity contribution in [1.29, 1.82) is 0 Å². The number of hydrogen-bond acceptors (Lipinski definition) is 6. The van der Waals surface area contributed by atoms with Gasteiger partial charge in [-0.15, -0.1) is 0 Å². The summed E-state index contributed by atoms with van der Waals surface area (Å²) in [6, 6.07) is 6.46. The Hall–Kier alpha value is -1.70. The summed E-state index contributed by atoms with van der Waals surface area (Å²) in [6.45, 7) is 3.16. The molecule has 0 amide bonds. The molecule has 0 aliphatic heterocycles. The molecule has 0 aliphatic rings. The minimum atomic E-state index is -3.20. The number of nitrogens with zero attached hydrogens (tertiary/aromatic N) is 2. The quantitative estimate of drug-likeness (QED) is 0.831. The topological polar surface area (TPSA) is 83.6 Å². The molecule has 7 heteroatoms. The number of aromatic nitrogens is 1. The summed E-state index contributed by atoms with van der Waals surface area (Å²) in [4.78, 5) is 6.75. The first-order valence-corrected chi connectivity index (χ1v) is 9.26. The Kier molecular flexibility index (Phi) is 5.56. The van der Waals surface area contributed by atoms with Crippen LogP contribution in [-0.4, -0.2) is 49.4 Å². The highest BCUT2D eigenvalue weighted by molar-refractivity contribution is 7.90. The zero-order chi connectivity index (χ0) is 17.0. The lowest BCUT2D eigenvalue weighted by atomic mass is 10.2. The maximum atomic E-state index is 11.5. The molecule has 2 aromatic rings. The van der Waals surface area contributed by atoms with Crippen LogP contribution in [0.1, 0.15) is 19.0 Å². The molecule has 1 aromatic carbocycles. The molecule has 1 unspecified atom stereocenters. The summed E-state index contributed by atoms with van der Waals surface area (Å²) in [6.07, 6.45) is 3.15. The van der Waals surface area contributed by atoms with Crippen molar-refractivity contribution in [3.8, 4) is 11.5 Å². The summed E-state index contributed by atoms with van der Waals surface area (Å²) in [5, 5.41) is 9.30. The highest BCUT2D eigenvalue weighted by atomic mass is 32.2. The van der Waals surface area contributed by atoms with E-state index in [9.17, 15) is 13.5 Å². The average molecular weight is 338 g/mol. The maximum absolute atomic E-state index is 11.5. The first-order valence-electron chi connectivity index (χ1n) is 7.37. The van der Waals surface area contributed by atoms with Crippen LogP contribution in [0.25, 0.3) is 11.5 Å². The van der Waals surface area contributed by atoms with E-state index in [0.717, 1.165) is 17.8 Å². The van der Waals surface area contributed by atoms with Crippen LogP contribution in [0, 0.1) is 0 Å². The van der Waals surface area contributed by atoms with Crippen molar-refractivity contribution in [3.63, 3.8) is 0 Å². The fourth-order valence-corrected chi connectivity index (χ4v) is 2.75. The summed E-state index contributed by atoms with van der Waals surface area (Å²) in [5.74, 6) is 0.462. The van der Waals surface area contributed by atoms with E-state index in [1.54, 1.807) is 37.5 Å². The van der Waals surface area contributed by atoms with Crippen molar-refractivity contribution in [3.05, 3.63) is 36.2 Å². The molecule has 0 radical (unpaired) electrons. The van der Waals surface area contributed by atoms with E-state index in [1.807, 2.05) is 7.05 Å². The van der Waals surface area contributed by atoms with Gasteiger partial charge in [-0.1, -0.05) is 0 Å². The van der Waals surface area contributed by atoms with Crippen LogP contribution >= 0.6 is 0 Å². The predicted molar refractivity (Wildman–Crippen MR) is 87.7 cm³/mol. The van der Waals surface area contributed by atoms with Crippen LogP contribution in [0.4, 0.5) is 0 Å². The molecule has 1 N–H and O–H groups in total. The summed E-state index contributed by atoms with van der Waals surface area (Å²) >= 11 is 0. The molecule has 6 nitrogen and oxygen atoms in total. The number of rotatable bonds is 7. The molecule has 126 valence electrons. The molecule has 23 heavy (non-hydrogen) atoms. The maximum Gasteiger partial charge on any atom is 0.226 e. The van der Waals surface area contributed by atoms with Crippen LogP contribution in [0.2, 0.25) is 0 Å². The molecule has 1 aromatic heterocycles. The van der Waals surface area contributed by atoms with Crippen molar-refractivity contribution in [2.45, 2.75) is 30.9 Å². The Morgan fingerprint density at radius 3 is 2.52 bits per heavy atom. The van der Waals surface area contributed by atoms with Gasteiger partial charge in [0.2, 0.25) is 5.89 Å². The smallest absolute Gasteiger partial charge is 0.226 e. The standard InChI is InChI=1S/C16H22N2O4S/c1-12(19)8-9-18(2)10-14-11-22-16(17-14)13-4-6-15(7-5-13)23(3,20)21/h4-7,11-12,19H,8-10H2,1-3H3. The van der Waals surface area contributed by atoms with Crippen LogP contribution in [0.3, 0.4) is 0 Å². The number of hydrogen-bond donors (Lipinski definition) is 1. The molecule has 0 aliphatic carbocycles. The molecule has 1 atom stereocenters. The Labute approximate surface area is 136 Å². The molecular formula is C16H22N2O4S. The molecule has 2 rings (SSSR count). The molecule has 0 saturated carbocycles. The fourth-order valence-electron chi connectivity index (χ4n) is 2.12. The van der Waals surface area contributed by atoms with Gasteiger partial charge in [0.1, 0.15) is 6.26 Å². The van der Waals surface area contributed by atoms with E-state index in [0.29, 0.717) is 18.9 Å². The van der Waals surface area contributed by atoms with Gasteiger partial charge in [-0.3, -0.25) is 0 Å². The molecule has 1 heterocycles. The van der Waals surface area contributed by atoms with E-state index in [-0.39, 0.29) is 11.0 Å². The Morgan fingerprint density at radius 2 is 1.96 bits per heavy atom. The molecule has 0 bridgehead atoms. The zero-order valence-electron chi connectivity index (χ0n) is 13.6. The van der Waals surface area contributed by atoms with Gasteiger partial charge in [-0.05, 0) is 44.7 Å². The molecular weight excluding hydrogens is 316 g/mol. The first kappa shape index (κ1) is 17.7. The molecule has 0 fully saturated rings. The second kappa shape index (κ2) is 7.25. The SMILES string of the molecule is CC(O)CCN(C)Cc1coc(-c2ccc(S(C)(=O)=O)cc2)n1. The van der Waals surface area contributed by atoms with E-state index >= 15 is 0 Å².